The number of carbonyl (C=O) groups is 2. The van der Waals surface area contributed by atoms with Crippen molar-refractivity contribution in [2.45, 2.75) is 58.3 Å². The molecular formula is C32H35NO6. The first-order chi connectivity index (χ1) is 19.0. The third-order valence-corrected chi connectivity index (χ3v) is 6.24. The van der Waals surface area contributed by atoms with E-state index in [1.165, 1.54) is 75.3 Å². The Bertz CT molecular complexity index is 1230. The first kappa shape index (κ1) is 29.3. The summed E-state index contributed by atoms with van der Waals surface area (Å²) in [4.78, 5) is 35.0. The fourth-order valence-electron chi connectivity index (χ4n) is 3.94. The van der Waals surface area contributed by atoms with Crippen molar-refractivity contribution >= 4 is 23.5 Å². The number of carbonyl (C=O) groups excluding carboxylic acids is 2. The number of rotatable bonds is 16. The maximum absolute atomic E-state index is 12.5. The molecule has 3 aromatic rings. The molecule has 3 rings (SSSR count). The van der Waals surface area contributed by atoms with Gasteiger partial charge >= 0.3 is 5.97 Å². The molecule has 0 fully saturated rings. The molecule has 0 saturated heterocycles. The number of non-ortho nitro benzene ring substituents is 1. The predicted octanol–water partition coefficient (Wildman–Crippen LogP) is 8.23. The highest BCUT2D eigenvalue weighted by Gasteiger charge is 2.10. The minimum absolute atomic E-state index is 0.0703. The summed E-state index contributed by atoms with van der Waals surface area (Å²) in [5.41, 5.74) is 1.45. The summed E-state index contributed by atoms with van der Waals surface area (Å²) >= 11 is 0. The number of nitrogens with zero attached hydrogens (tertiary/aromatic N) is 1. The van der Waals surface area contributed by atoms with Gasteiger partial charge in [0.15, 0.2) is 5.78 Å². The standard InChI is InChI=1S/C32H35NO6/c1-2-3-4-5-6-7-8-9-24-38-29-21-15-27(16-22-29)32(35)39-30-19-10-25(11-20-30)12-23-31(34)26-13-17-28(18-14-26)33(36)37/h10-23H,2-9,24H2,1H3/b23-12+. The molecule has 0 amide bonds. The molecule has 0 aliphatic rings. The molecule has 0 radical (unpaired) electrons. The zero-order valence-corrected chi connectivity index (χ0v) is 22.3. The quantitative estimate of drug-likeness (QED) is 0.0353. The van der Waals surface area contributed by atoms with Crippen molar-refractivity contribution in [3.63, 3.8) is 0 Å². The van der Waals surface area contributed by atoms with Gasteiger partial charge in [0.25, 0.3) is 5.69 Å². The maximum atomic E-state index is 12.5. The van der Waals surface area contributed by atoms with Crippen LogP contribution in [0.4, 0.5) is 5.69 Å². The zero-order chi connectivity index (χ0) is 27.9. The molecule has 0 N–H and O–H groups in total. The van der Waals surface area contributed by atoms with E-state index in [2.05, 4.69) is 6.92 Å². The minimum Gasteiger partial charge on any atom is -0.494 e. The molecule has 204 valence electrons. The number of hydrogen-bond acceptors (Lipinski definition) is 6. The van der Waals surface area contributed by atoms with Crippen LogP contribution in [-0.4, -0.2) is 23.3 Å². The van der Waals surface area contributed by atoms with Gasteiger partial charge in [0.1, 0.15) is 11.5 Å². The van der Waals surface area contributed by atoms with Crippen LogP contribution in [0, 0.1) is 10.1 Å². The summed E-state index contributed by atoms with van der Waals surface area (Å²) in [6.07, 6.45) is 13.0. The van der Waals surface area contributed by atoms with Gasteiger partial charge in [-0.05, 0) is 66.6 Å². The van der Waals surface area contributed by atoms with Gasteiger partial charge in [-0.1, -0.05) is 70.1 Å². The molecule has 0 atom stereocenters. The Labute approximate surface area is 229 Å². The second-order valence-corrected chi connectivity index (χ2v) is 9.31. The number of ketones is 1. The van der Waals surface area contributed by atoms with Crippen molar-refractivity contribution in [1.82, 2.24) is 0 Å². The predicted molar refractivity (Wildman–Crippen MR) is 152 cm³/mol. The molecule has 0 heterocycles. The van der Waals surface area contributed by atoms with Crippen LogP contribution in [-0.2, 0) is 0 Å². The van der Waals surface area contributed by atoms with Crippen LogP contribution in [0.3, 0.4) is 0 Å². The van der Waals surface area contributed by atoms with Gasteiger partial charge in [0.05, 0.1) is 17.1 Å². The number of nitro groups is 1. The Morgan fingerprint density at radius 1 is 0.744 bits per heavy atom. The molecule has 0 aliphatic carbocycles. The van der Waals surface area contributed by atoms with E-state index in [1.807, 2.05) is 0 Å². The lowest BCUT2D eigenvalue weighted by molar-refractivity contribution is -0.384. The summed E-state index contributed by atoms with van der Waals surface area (Å²) in [5, 5.41) is 10.7. The van der Waals surface area contributed by atoms with E-state index in [0.717, 1.165) is 17.7 Å². The van der Waals surface area contributed by atoms with Crippen LogP contribution < -0.4 is 9.47 Å². The Hall–Kier alpha value is -4.26. The smallest absolute Gasteiger partial charge is 0.343 e. The molecule has 0 aromatic heterocycles. The molecule has 0 bridgehead atoms. The maximum Gasteiger partial charge on any atom is 0.343 e. The molecule has 0 saturated carbocycles. The topological polar surface area (TPSA) is 95.7 Å². The van der Waals surface area contributed by atoms with Gasteiger partial charge < -0.3 is 9.47 Å². The lowest BCUT2D eigenvalue weighted by Gasteiger charge is -2.08. The molecule has 3 aromatic carbocycles. The molecule has 0 unspecified atom stereocenters. The van der Waals surface area contributed by atoms with Crippen LogP contribution in [0.1, 0.15) is 84.6 Å². The number of esters is 1. The second kappa shape index (κ2) is 15.9. The Balaban J connectivity index is 1.40. The first-order valence-electron chi connectivity index (χ1n) is 13.5. The van der Waals surface area contributed by atoms with E-state index in [4.69, 9.17) is 9.47 Å². The highest BCUT2D eigenvalue weighted by Crippen LogP contribution is 2.19. The molecule has 7 nitrogen and oxygen atoms in total. The summed E-state index contributed by atoms with van der Waals surface area (Å²) < 4.78 is 11.2. The number of nitro benzene ring substituents is 1. The molecular weight excluding hydrogens is 494 g/mol. The molecule has 39 heavy (non-hydrogen) atoms. The number of unbranched alkanes of at least 4 members (excludes halogenated alkanes) is 7. The number of allylic oxidation sites excluding steroid dienone is 1. The second-order valence-electron chi connectivity index (χ2n) is 9.31. The lowest BCUT2D eigenvalue weighted by Crippen LogP contribution is -2.08. The number of ether oxygens (including phenoxy) is 2. The third kappa shape index (κ3) is 10.2. The van der Waals surface area contributed by atoms with E-state index < -0.39 is 10.9 Å². The first-order valence-corrected chi connectivity index (χ1v) is 13.5. The normalized spacial score (nSPS) is 10.9. The number of benzene rings is 3. The van der Waals surface area contributed by atoms with Crippen LogP contribution in [0.25, 0.3) is 6.08 Å². The van der Waals surface area contributed by atoms with E-state index >= 15 is 0 Å². The van der Waals surface area contributed by atoms with Crippen molar-refractivity contribution in [1.29, 1.82) is 0 Å². The van der Waals surface area contributed by atoms with Gasteiger partial charge in [0, 0.05) is 17.7 Å². The van der Waals surface area contributed by atoms with Crippen LogP contribution in [0.5, 0.6) is 11.5 Å². The van der Waals surface area contributed by atoms with Crippen LogP contribution in [0.2, 0.25) is 0 Å². The molecule has 0 spiro atoms. The van der Waals surface area contributed by atoms with Crippen molar-refractivity contribution in [3.05, 3.63) is 106 Å². The molecule has 7 heteroatoms. The van der Waals surface area contributed by atoms with Gasteiger partial charge in [0.2, 0.25) is 0 Å². The van der Waals surface area contributed by atoms with Crippen LogP contribution in [0.15, 0.2) is 78.9 Å². The average Bonchev–Trinajstić information content (AvgIpc) is 2.96. The van der Waals surface area contributed by atoms with E-state index in [9.17, 15) is 19.7 Å². The largest absolute Gasteiger partial charge is 0.494 e. The Kier molecular flexibility index (Phi) is 11.9. The van der Waals surface area contributed by atoms with Crippen molar-refractivity contribution < 1.29 is 24.0 Å². The number of hydrogen-bond donors (Lipinski definition) is 0. The summed E-state index contributed by atoms with van der Waals surface area (Å²) in [6.45, 7) is 2.90. The van der Waals surface area contributed by atoms with Crippen molar-refractivity contribution in [3.8, 4) is 11.5 Å². The fourth-order valence-corrected chi connectivity index (χ4v) is 3.94. The monoisotopic (exact) mass is 529 g/mol. The summed E-state index contributed by atoms with van der Waals surface area (Å²) in [7, 11) is 0. The van der Waals surface area contributed by atoms with Crippen molar-refractivity contribution in [2.75, 3.05) is 6.61 Å². The third-order valence-electron chi connectivity index (χ3n) is 6.24. The van der Waals surface area contributed by atoms with Crippen LogP contribution >= 0.6 is 0 Å². The molecule has 0 aliphatic heterocycles. The Morgan fingerprint density at radius 2 is 1.31 bits per heavy atom. The van der Waals surface area contributed by atoms with Gasteiger partial charge in [-0.15, -0.1) is 0 Å². The van der Waals surface area contributed by atoms with E-state index in [1.54, 1.807) is 54.6 Å². The van der Waals surface area contributed by atoms with Crippen molar-refractivity contribution in [2.24, 2.45) is 0 Å². The van der Waals surface area contributed by atoms with Gasteiger partial charge in [-0.25, -0.2) is 4.79 Å². The van der Waals surface area contributed by atoms with Gasteiger partial charge in [-0.3, -0.25) is 14.9 Å². The summed E-state index contributed by atoms with van der Waals surface area (Å²) in [5.74, 6) is 0.370. The Morgan fingerprint density at radius 3 is 1.92 bits per heavy atom. The SMILES string of the molecule is CCCCCCCCCCOc1ccc(C(=O)Oc2ccc(/C=C/C(=O)c3ccc([N+](=O)[O-])cc3)cc2)cc1. The van der Waals surface area contributed by atoms with E-state index in [-0.39, 0.29) is 11.5 Å². The minimum atomic E-state index is -0.513. The average molecular weight is 530 g/mol. The van der Waals surface area contributed by atoms with Gasteiger partial charge in [-0.2, -0.15) is 0 Å². The fraction of sp³-hybridized carbons (Fsp3) is 0.312. The highest BCUT2D eigenvalue weighted by molar-refractivity contribution is 6.06. The highest BCUT2D eigenvalue weighted by atomic mass is 16.6. The zero-order valence-electron chi connectivity index (χ0n) is 22.3. The lowest BCUT2D eigenvalue weighted by atomic mass is 10.1. The van der Waals surface area contributed by atoms with E-state index in [0.29, 0.717) is 23.5 Å². The summed E-state index contributed by atoms with van der Waals surface area (Å²) in [6, 6.07) is 19.1.